The third-order valence-electron chi connectivity index (χ3n) is 14.8. The summed E-state index contributed by atoms with van der Waals surface area (Å²) < 4.78 is 0. The first-order chi connectivity index (χ1) is 28.9. The SMILES string of the molecule is CC1(C)c2ccccc2-c2c(-c3ccc(C45CC6CC(CC(C6)C4)C5)c4ccccc34)cc(-c3cc(-c4ccc(-c5ccccc5)cc4)nc(-c4ccccc4)n3)cc21. The maximum atomic E-state index is 5.39. The molecule has 0 N–H and O–H groups in total. The van der Waals surface area contributed by atoms with Crippen molar-refractivity contribution in [1.82, 2.24) is 9.97 Å². The molecule has 0 atom stereocenters. The van der Waals surface area contributed by atoms with E-state index in [0.717, 1.165) is 51.7 Å². The summed E-state index contributed by atoms with van der Waals surface area (Å²) in [5.41, 5.74) is 17.2. The van der Waals surface area contributed by atoms with E-state index in [1.165, 1.54) is 93.8 Å². The number of rotatable bonds is 6. The molecule has 5 aliphatic carbocycles. The summed E-state index contributed by atoms with van der Waals surface area (Å²) in [5.74, 6) is 3.44. The molecule has 4 saturated carbocycles. The Morgan fingerprint density at radius 1 is 0.407 bits per heavy atom. The van der Waals surface area contributed by atoms with Gasteiger partial charge in [0.25, 0.3) is 0 Å². The number of fused-ring (bicyclic) bond motifs is 4. The van der Waals surface area contributed by atoms with Gasteiger partial charge in [-0.1, -0.05) is 159 Å². The molecule has 1 heterocycles. The molecule has 0 spiro atoms. The van der Waals surface area contributed by atoms with Crippen LogP contribution in [0.3, 0.4) is 0 Å². The van der Waals surface area contributed by atoms with Gasteiger partial charge in [-0.25, -0.2) is 9.97 Å². The van der Waals surface area contributed by atoms with Crippen molar-refractivity contribution in [2.75, 3.05) is 0 Å². The second kappa shape index (κ2) is 13.2. The van der Waals surface area contributed by atoms with E-state index < -0.39 is 0 Å². The summed E-state index contributed by atoms with van der Waals surface area (Å²) in [5, 5.41) is 2.82. The third kappa shape index (κ3) is 5.60. The normalized spacial score (nSPS) is 22.0. The molecule has 13 rings (SSSR count). The van der Waals surface area contributed by atoms with Crippen LogP contribution in [-0.4, -0.2) is 9.97 Å². The quantitative estimate of drug-likeness (QED) is 0.169. The van der Waals surface area contributed by atoms with Crippen LogP contribution in [0, 0.1) is 17.8 Å². The van der Waals surface area contributed by atoms with Crippen LogP contribution < -0.4 is 0 Å². The maximum Gasteiger partial charge on any atom is 0.160 e. The number of hydrogen-bond donors (Lipinski definition) is 0. The Bertz CT molecular complexity index is 2890. The molecule has 8 aromatic rings. The van der Waals surface area contributed by atoms with Crippen molar-refractivity contribution in [1.29, 1.82) is 0 Å². The Kier molecular flexibility index (Phi) is 7.80. The fourth-order valence-corrected chi connectivity index (χ4v) is 12.5. The molecule has 286 valence electrons. The van der Waals surface area contributed by atoms with Crippen LogP contribution in [0.1, 0.15) is 69.1 Å². The van der Waals surface area contributed by atoms with Gasteiger partial charge in [-0.3, -0.25) is 0 Å². The third-order valence-corrected chi connectivity index (χ3v) is 14.8. The molecule has 59 heavy (non-hydrogen) atoms. The molecular formula is C57H48N2. The molecule has 5 aliphatic rings. The Labute approximate surface area is 348 Å². The second-order valence-corrected chi connectivity index (χ2v) is 18.8. The van der Waals surface area contributed by atoms with E-state index in [1.807, 2.05) is 0 Å². The highest BCUT2D eigenvalue weighted by Crippen LogP contribution is 2.62. The van der Waals surface area contributed by atoms with Gasteiger partial charge in [0.15, 0.2) is 5.82 Å². The lowest BCUT2D eigenvalue weighted by atomic mass is 9.47. The zero-order valence-electron chi connectivity index (χ0n) is 34.0. The molecule has 1 aromatic heterocycles. The van der Waals surface area contributed by atoms with E-state index >= 15 is 0 Å². The van der Waals surface area contributed by atoms with Gasteiger partial charge in [0, 0.05) is 22.1 Å². The van der Waals surface area contributed by atoms with Gasteiger partial charge in [0.2, 0.25) is 0 Å². The fourth-order valence-electron chi connectivity index (χ4n) is 12.5. The van der Waals surface area contributed by atoms with Crippen molar-refractivity contribution in [3.8, 4) is 67.3 Å². The lowest BCUT2D eigenvalue weighted by Gasteiger charge is -2.57. The molecule has 4 fully saturated rings. The second-order valence-electron chi connectivity index (χ2n) is 18.8. The van der Waals surface area contributed by atoms with Crippen LogP contribution in [0.2, 0.25) is 0 Å². The van der Waals surface area contributed by atoms with E-state index in [2.05, 4.69) is 178 Å². The zero-order valence-corrected chi connectivity index (χ0v) is 34.0. The number of nitrogens with zero attached hydrogens (tertiary/aromatic N) is 2. The standard InChI is InChI=1S/C57H48N2/c1-56(2)49-20-12-11-19-47(49)54-48(45-25-26-50(46-18-10-9-17-44(45)46)57-33-36-27-37(34-57)29-38(28-36)35-57)30-43(31-51(54)56)53-32-52(58-55(59-53)42-15-7-4-8-16-42)41-23-21-40(22-24-41)39-13-5-3-6-14-39/h3-26,30-32,36-38H,27-29,33-35H2,1-2H3. The largest absolute Gasteiger partial charge is 0.228 e. The summed E-state index contributed by atoms with van der Waals surface area (Å²) in [6, 6.07) is 60.4. The van der Waals surface area contributed by atoms with Gasteiger partial charge in [-0.05, 0) is 141 Å². The van der Waals surface area contributed by atoms with Gasteiger partial charge < -0.3 is 0 Å². The molecule has 0 radical (unpaired) electrons. The molecule has 0 saturated heterocycles. The van der Waals surface area contributed by atoms with Crippen molar-refractivity contribution in [2.24, 2.45) is 17.8 Å². The lowest BCUT2D eigenvalue weighted by molar-refractivity contribution is -0.00449. The van der Waals surface area contributed by atoms with Crippen molar-refractivity contribution in [3.05, 3.63) is 180 Å². The first-order valence-electron chi connectivity index (χ1n) is 21.8. The van der Waals surface area contributed by atoms with E-state index in [9.17, 15) is 0 Å². The summed E-state index contributed by atoms with van der Waals surface area (Å²) in [4.78, 5) is 10.6. The highest BCUT2D eigenvalue weighted by molar-refractivity contribution is 6.05. The van der Waals surface area contributed by atoms with Crippen LogP contribution in [0.15, 0.2) is 164 Å². The predicted molar refractivity (Wildman–Crippen MR) is 244 cm³/mol. The molecule has 2 heteroatoms. The molecule has 4 bridgehead atoms. The minimum Gasteiger partial charge on any atom is -0.228 e. The highest BCUT2D eigenvalue weighted by atomic mass is 14.9. The minimum atomic E-state index is -0.184. The van der Waals surface area contributed by atoms with Crippen molar-refractivity contribution < 1.29 is 0 Å². The topological polar surface area (TPSA) is 25.8 Å². The molecule has 2 nitrogen and oxygen atoms in total. The van der Waals surface area contributed by atoms with E-state index in [1.54, 1.807) is 5.56 Å². The van der Waals surface area contributed by atoms with Crippen molar-refractivity contribution in [3.63, 3.8) is 0 Å². The minimum absolute atomic E-state index is 0.184. The fraction of sp³-hybridized carbons (Fsp3) is 0.228. The van der Waals surface area contributed by atoms with Crippen LogP contribution in [0.25, 0.3) is 78.1 Å². The number of benzene rings is 7. The zero-order chi connectivity index (χ0) is 39.3. The monoisotopic (exact) mass is 760 g/mol. The van der Waals surface area contributed by atoms with Gasteiger partial charge in [0.1, 0.15) is 0 Å². The first kappa shape index (κ1) is 34.9. The summed E-state index contributed by atoms with van der Waals surface area (Å²) in [6.45, 7) is 4.79. The predicted octanol–water partition coefficient (Wildman–Crippen LogP) is 14.7. The van der Waals surface area contributed by atoms with E-state index in [4.69, 9.17) is 9.97 Å². The number of hydrogen-bond acceptors (Lipinski definition) is 2. The Balaban J connectivity index is 1.07. The van der Waals surface area contributed by atoms with Crippen LogP contribution in [-0.2, 0) is 10.8 Å². The average Bonchev–Trinajstić information content (AvgIpc) is 3.51. The van der Waals surface area contributed by atoms with Crippen LogP contribution in [0.5, 0.6) is 0 Å². The van der Waals surface area contributed by atoms with Crippen molar-refractivity contribution in [2.45, 2.75) is 63.2 Å². The molecule has 0 unspecified atom stereocenters. The smallest absolute Gasteiger partial charge is 0.160 e. The molecule has 0 amide bonds. The van der Waals surface area contributed by atoms with Gasteiger partial charge in [-0.2, -0.15) is 0 Å². The Morgan fingerprint density at radius 3 is 1.66 bits per heavy atom. The Morgan fingerprint density at radius 2 is 0.966 bits per heavy atom. The van der Waals surface area contributed by atoms with Gasteiger partial charge in [-0.15, -0.1) is 0 Å². The number of aromatic nitrogens is 2. The summed E-state index contributed by atoms with van der Waals surface area (Å²) in [7, 11) is 0. The lowest BCUT2D eigenvalue weighted by Crippen LogP contribution is -2.48. The van der Waals surface area contributed by atoms with Crippen molar-refractivity contribution >= 4 is 10.8 Å². The van der Waals surface area contributed by atoms with Crippen LogP contribution >= 0.6 is 0 Å². The van der Waals surface area contributed by atoms with E-state index in [-0.39, 0.29) is 5.41 Å². The molecule has 7 aromatic carbocycles. The van der Waals surface area contributed by atoms with Gasteiger partial charge >= 0.3 is 0 Å². The summed E-state index contributed by atoms with van der Waals surface area (Å²) in [6.07, 6.45) is 8.47. The maximum absolute atomic E-state index is 5.39. The van der Waals surface area contributed by atoms with E-state index in [0.29, 0.717) is 5.41 Å². The Hall–Kier alpha value is -6.12. The molecular weight excluding hydrogens is 713 g/mol. The highest BCUT2D eigenvalue weighted by Gasteiger charge is 2.52. The van der Waals surface area contributed by atoms with Gasteiger partial charge in [0.05, 0.1) is 11.4 Å². The van der Waals surface area contributed by atoms with Crippen LogP contribution in [0.4, 0.5) is 0 Å². The summed E-state index contributed by atoms with van der Waals surface area (Å²) >= 11 is 0. The first-order valence-corrected chi connectivity index (χ1v) is 21.8. The molecule has 0 aliphatic heterocycles. The average molecular weight is 761 g/mol.